The number of nitrogens with one attached hydrogen (secondary N) is 1. The molecule has 1 aromatic rings. The van der Waals surface area contributed by atoms with E-state index in [1.54, 1.807) is 19.1 Å². The lowest BCUT2D eigenvalue weighted by Gasteiger charge is -2.15. The highest BCUT2D eigenvalue weighted by molar-refractivity contribution is 5.78. The van der Waals surface area contributed by atoms with Gasteiger partial charge in [-0.15, -0.1) is 0 Å². The minimum Gasteiger partial charge on any atom is -0.351 e. The number of halogens is 1. The Bertz CT molecular complexity index is 478. The summed E-state index contributed by atoms with van der Waals surface area (Å²) in [5.41, 5.74) is 7.14. The molecule has 1 unspecified atom stereocenters. The second kappa shape index (κ2) is 6.81. The van der Waals surface area contributed by atoms with Crippen LogP contribution in [0.15, 0.2) is 18.2 Å². The first-order valence-electron chi connectivity index (χ1n) is 7.02. The number of amides is 1. The summed E-state index contributed by atoms with van der Waals surface area (Å²) < 4.78 is 13.1. The van der Waals surface area contributed by atoms with E-state index in [0.29, 0.717) is 31.1 Å². The molecule has 0 spiro atoms. The third kappa shape index (κ3) is 4.02. The van der Waals surface area contributed by atoms with Crippen LogP contribution in [-0.4, -0.2) is 37.0 Å². The van der Waals surface area contributed by atoms with Gasteiger partial charge in [-0.1, -0.05) is 12.1 Å². The third-order valence-electron chi connectivity index (χ3n) is 3.78. The maximum absolute atomic E-state index is 13.1. The molecule has 1 aromatic carbocycles. The lowest BCUT2D eigenvalue weighted by Crippen LogP contribution is -2.36. The van der Waals surface area contributed by atoms with Crippen LogP contribution in [-0.2, 0) is 11.3 Å². The average Bonchev–Trinajstić information content (AvgIpc) is 2.88. The average molecular weight is 279 g/mol. The van der Waals surface area contributed by atoms with Gasteiger partial charge in [-0.3, -0.25) is 9.69 Å². The minimum atomic E-state index is -0.218. The van der Waals surface area contributed by atoms with Gasteiger partial charge < -0.3 is 11.1 Å². The van der Waals surface area contributed by atoms with E-state index in [1.165, 1.54) is 6.07 Å². The van der Waals surface area contributed by atoms with Gasteiger partial charge in [0.05, 0.1) is 6.54 Å². The van der Waals surface area contributed by atoms with Gasteiger partial charge in [0.15, 0.2) is 0 Å². The molecule has 0 aliphatic carbocycles. The van der Waals surface area contributed by atoms with Crippen molar-refractivity contribution < 1.29 is 9.18 Å². The lowest BCUT2D eigenvalue weighted by molar-refractivity contribution is -0.122. The van der Waals surface area contributed by atoms with Crippen LogP contribution in [0.25, 0.3) is 0 Å². The van der Waals surface area contributed by atoms with E-state index in [9.17, 15) is 9.18 Å². The number of hydrogen-bond donors (Lipinski definition) is 2. The summed E-state index contributed by atoms with van der Waals surface area (Å²) in [5, 5.41) is 2.87. The summed E-state index contributed by atoms with van der Waals surface area (Å²) in [6, 6.07) is 4.89. The second-order valence-electron chi connectivity index (χ2n) is 5.49. The van der Waals surface area contributed by atoms with Crippen molar-refractivity contribution in [3.63, 3.8) is 0 Å². The van der Waals surface area contributed by atoms with Gasteiger partial charge in [0, 0.05) is 13.1 Å². The number of aryl methyl sites for hydroxylation is 1. The number of likely N-dealkylation sites (tertiary alicyclic amines) is 1. The molecule has 0 saturated carbocycles. The molecule has 1 heterocycles. The Morgan fingerprint density at radius 1 is 1.55 bits per heavy atom. The first-order valence-corrected chi connectivity index (χ1v) is 7.02. The number of nitrogens with two attached hydrogens (primary N) is 1. The fourth-order valence-electron chi connectivity index (χ4n) is 2.53. The van der Waals surface area contributed by atoms with E-state index in [4.69, 9.17) is 5.73 Å². The fraction of sp³-hybridized carbons (Fsp3) is 0.533. The molecule has 1 fully saturated rings. The molecule has 1 aliphatic rings. The monoisotopic (exact) mass is 279 g/mol. The highest BCUT2D eigenvalue weighted by atomic mass is 19.1. The summed E-state index contributed by atoms with van der Waals surface area (Å²) in [5.74, 6) is 0.303. The van der Waals surface area contributed by atoms with Crippen LogP contribution in [0.2, 0.25) is 0 Å². The van der Waals surface area contributed by atoms with Gasteiger partial charge in [-0.05, 0) is 49.5 Å². The second-order valence-corrected chi connectivity index (χ2v) is 5.49. The molecule has 0 bridgehead atoms. The van der Waals surface area contributed by atoms with E-state index in [1.807, 2.05) is 0 Å². The molecule has 4 nitrogen and oxygen atoms in total. The van der Waals surface area contributed by atoms with Gasteiger partial charge in [0.25, 0.3) is 0 Å². The molecule has 110 valence electrons. The molecule has 1 aliphatic heterocycles. The van der Waals surface area contributed by atoms with Crippen molar-refractivity contribution in [3.8, 4) is 0 Å². The zero-order chi connectivity index (χ0) is 14.5. The number of benzene rings is 1. The summed E-state index contributed by atoms with van der Waals surface area (Å²) in [4.78, 5) is 14.0. The molecule has 0 radical (unpaired) electrons. The molecule has 20 heavy (non-hydrogen) atoms. The van der Waals surface area contributed by atoms with Gasteiger partial charge in [-0.2, -0.15) is 0 Å². The largest absolute Gasteiger partial charge is 0.351 e. The van der Waals surface area contributed by atoms with Crippen LogP contribution in [0.1, 0.15) is 17.5 Å². The van der Waals surface area contributed by atoms with Gasteiger partial charge >= 0.3 is 0 Å². The zero-order valence-corrected chi connectivity index (χ0v) is 11.9. The predicted octanol–water partition coefficient (Wildman–Crippen LogP) is 1.03. The Hall–Kier alpha value is -1.46. The van der Waals surface area contributed by atoms with Crippen LogP contribution in [0.3, 0.4) is 0 Å². The van der Waals surface area contributed by atoms with Crippen molar-refractivity contribution in [2.75, 3.05) is 26.2 Å². The van der Waals surface area contributed by atoms with Crippen LogP contribution in [0, 0.1) is 18.7 Å². The van der Waals surface area contributed by atoms with E-state index < -0.39 is 0 Å². The molecular formula is C15H22FN3O. The minimum absolute atomic E-state index is 0.00431. The van der Waals surface area contributed by atoms with Crippen molar-refractivity contribution in [1.82, 2.24) is 10.2 Å². The smallest absolute Gasteiger partial charge is 0.234 e. The van der Waals surface area contributed by atoms with Crippen LogP contribution < -0.4 is 11.1 Å². The van der Waals surface area contributed by atoms with E-state index in [0.717, 1.165) is 25.1 Å². The Balaban J connectivity index is 1.76. The predicted molar refractivity (Wildman–Crippen MR) is 76.6 cm³/mol. The van der Waals surface area contributed by atoms with Gasteiger partial charge in [-0.25, -0.2) is 4.39 Å². The lowest BCUT2D eigenvalue weighted by atomic mass is 10.1. The van der Waals surface area contributed by atoms with Crippen molar-refractivity contribution in [2.45, 2.75) is 19.9 Å². The topological polar surface area (TPSA) is 58.4 Å². The summed E-state index contributed by atoms with van der Waals surface area (Å²) >= 11 is 0. The molecule has 3 N–H and O–H groups in total. The van der Waals surface area contributed by atoms with Crippen LogP contribution >= 0.6 is 0 Å². The standard InChI is InChI=1S/C15H22FN3O/c1-11-6-12(2-3-14(11)16)8-18-15(20)10-19-5-4-13(7-17)9-19/h2-3,6,13H,4-5,7-10,17H2,1H3,(H,18,20). The maximum atomic E-state index is 13.1. The van der Waals surface area contributed by atoms with Crippen molar-refractivity contribution in [1.29, 1.82) is 0 Å². The number of hydrogen-bond acceptors (Lipinski definition) is 3. The van der Waals surface area contributed by atoms with Gasteiger partial charge in [0.2, 0.25) is 5.91 Å². The quantitative estimate of drug-likeness (QED) is 0.846. The molecule has 1 atom stereocenters. The van der Waals surface area contributed by atoms with Crippen LogP contribution in [0.4, 0.5) is 4.39 Å². The Kier molecular flexibility index (Phi) is 5.09. The number of nitrogens with zero attached hydrogens (tertiary/aromatic N) is 1. The molecular weight excluding hydrogens is 257 g/mol. The fourth-order valence-corrected chi connectivity index (χ4v) is 2.53. The molecule has 2 rings (SSSR count). The number of carbonyl (C=O) groups is 1. The normalized spacial score (nSPS) is 19.2. The molecule has 5 heteroatoms. The summed E-state index contributed by atoms with van der Waals surface area (Å²) in [6.07, 6.45) is 1.07. The SMILES string of the molecule is Cc1cc(CNC(=O)CN2CCC(CN)C2)ccc1F. The first kappa shape index (κ1) is 14.9. The van der Waals surface area contributed by atoms with E-state index >= 15 is 0 Å². The van der Waals surface area contributed by atoms with Crippen molar-refractivity contribution in [2.24, 2.45) is 11.7 Å². The molecule has 1 saturated heterocycles. The highest BCUT2D eigenvalue weighted by Gasteiger charge is 2.22. The van der Waals surface area contributed by atoms with Crippen LogP contribution in [0.5, 0.6) is 0 Å². The first-order chi connectivity index (χ1) is 9.58. The Morgan fingerprint density at radius 3 is 3.00 bits per heavy atom. The highest BCUT2D eigenvalue weighted by Crippen LogP contribution is 2.14. The summed E-state index contributed by atoms with van der Waals surface area (Å²) in [6.45, 7) is 5.10. The third-order valence-corrected chi connectivity index (χ3v) is 3.78. The Morgan fingerprint density at radius 2 is 2.35 bits per heavy atom. The van der Waals surface area contributed by atoms with E-state index in [-0.39, 0.29) is 11.7 Å². The summed E-state index contributed by atoms with van der Waals surface area (Å²) in [7, 11) is 0. The Labute approximate surface area is 119 Å². The van der Waals surface area contributed by atoms with E-state index in [2.05, 4.69) is 10.2 Å². The van der Waals surface area contributed by atoms with Crippen molar-refractivity contribution in [3.05, 3.63) is 35.1 Å². The van der Waals surface area contributed by atoms with Crippen molar-refractivity contribution >= 4 is 5.91 Å². The van der Waals surface area contributed by atoms with Gasteiger partial charge in [0.1, 0.15) is 5.82 Å². The molecule has 1 amide bonds. The zero-order valence-electron chi connectivity index (χ0n) is 11.9. The number of rotatable bonds is 5. The molecule has 0 aromatic heterocycles. The maximum Gasteiger partial charge on any atom is 0.234 e. The number of carbonyl (C=O) groups excluding carboxylic acids is 1.